The van der Waals surface area contributed by atoms with Crippen LogP contribution in [0, 0.1) is 23.0 Å². The Morgan fingerprint density at radius 2 is 1.77 bits per heavy atom. The summed E-state index contributed by atoms with van der Waals surface area (Å²) in [5, 5.41) is 16.2. The van der Waals surface area contributed by atoms with Gasteiger partial charge in [-0.15, -0.1) is 0 Å². The molecule has 0 spiro atoms. The summed E-state index contributed by atoms with van der Waals surface area (Å²) >= 11 is 5.77. The number of hydrogen-bond donors (Lipinski definition) is 2. The van der Waals surface area contributed by atoms with Gasteiger partial charge in [-0.2, -0.15) is 0 Å². The Bertz CT molecular complexity index is 1150. The molecule has 2 amide bonds. The van der Waals surface area contributed by atoms with Gasteiger partial charge in [0, 0.05) is 23.6 Å². The van der Waals surface area contributed by atoms with E-state index in [0.29, 0.717) is 11.3 Å². The Morgan fingerprint density at radius 1 is 1.13 bits per heavy atom. The van der Waals surface area contributed by atoms with Crippen LogP contribution in [-0.4, -0.2) is 37.5 Å². The number of halogens is 1. The molecule has 0 heterocycles. The molecular formula is C20H22ClN3O6S. The molecule has 0 saturated carbocycles. The molecule has 0 fully saturated rings. The number of anilines is 1. The minimum Gasteiger partial charge on any atom is -0.340 e. The minimum atomic E-state index is -3.47. The number of carbonyl (C=O) groups is 2. The molecule has 2 rings (SSSR count). The molecule has 0 aliphatic rings. The van der Waals surface area contributed by atoms with E-state index in [-0.39, 0.29) is 21.4 Å². The smallest absolute Gasteiger partial charge is 0.288 e. The zero-order valence-corrected chi connectivity index (χ0v) is 18.9. The Morgan fingerprint density at radius 3 is 2.32 bits per heavy atom. The van der Waals surface area contributed by atoms with Gasteiger partial charge in [-0.3, -0.25) is 19.7 Å². The van der Waals surface area contributed by atoms with Crippen LogP contribution in [0.1, 0.15) is 29.8 Å². The van der Waals surface area contributed by atoms with E-state index in [2.05, 4.69) is 10.6 Å². The van der Waals surface area contributed by atoms with Crippen LogP contribution in [-0.2, 0) is 14.6 Å². The van der Waals surface area contributed by atoms with Crippen molar-refractivity contribution < 1.29 is 22.9 Å². The molecule has 0 bridgehead atoms. The summed E-state index contributed by atoms with van der Waals surface area (Å²) in [6, 6.07) is 6.97. The van der Waals surface area contributed by atoms with E-state index >= 15 is 0 Å². The van der Waals surface area contributed by atoms with Crippen molar-refractivity contribution in [1.29, 1.82) is 0 Å². The molecule has 0 aliphatic carbocycles. The van der Waals surface area contributed by atoms with Crippen LogP contribution in [0.15, 0.2) is 41.3 Å². The van der Waals surface area contributed by atoms with Crippen LogP contribution < -0.4 is 10.6 Å². The monoisotopic (exact) mass is 467 g/mol. The van der Waals surface area contributed by atoms with Crippen molar-refractivity contribution in [1.82, 2.24) is 5.32 Å². The third kappa shape index (κ3) is 6.02. The van der Waals surface area contributed by atoms with Crippen molar-refractivity contribution in [2.75, 3.05) is 11.6 Å². The van der Waals surface area contributed by atoms with Crippen molar-refractivity contribution in [2.45, 2.75) is 31.7 Å². The molecule has 0 aromatic heterocycles. The van der Waals surface area contributed by atoms with Crippen LogP contribution in [0.3, 0.4) is 0 Å². The van der Waals surface area contributed by atoms with Gasteiger partial charge in [0.15, 0.2) is 9.84 Å². The molecule has 1 atom stereocenters. The lowest BCUT2D eigenvalue weighted by Gasteiger charge is -2.22. The Balaban J connectivity index is 2.27. The SMILES string of the molecule is Cc1ccc(S(C)(=O)=O)cc1NC(=O)[C@@H](NC(=O)c1ccc(Cl)c([N+](=O)[O-])c1)C(C)C. The summed E-state index contributed by atoms with van der Waals surface area (Å²) in [5.74, 6) is -1.57. The highest BCUT2D eigenvalue weighted by Crippen LogP contribution is 2.25. The summed E-state index contributed by atoms with van der Waals surface area (Å²) in [7, 11) is -3.47. The van der Waals surface area contributed by atoms with Crippen molar-refractivity contribution in [3.05, 3.63) is 62.7 Å². The van der Waals surface area contributed by atoms with E-state index in [0.717, 1.165) is 12.3 Å². The van der Waals surface area contributed by atoms with E-state index in [4.69, 9.17) is 11.6 Å². The average Bonchev–Trinajstić information content (AvgIpc) is 2.66. The molecule has 2 aromatic rings. The molecule has 2 N–H and O–H groups in total. The third-order valence-electron chi connectivity index (χ3n) is 4.54. The highest BCUT2D eigenvalue weighted by atomic mass is 35.5. The van der Waals surface area contributed by atoms with Crippen molar-refractivity contribution in [2.24, 2.45) is 5.92 Å². The number of sulfone groups is 1. The first-order valence-electron chi connectivity index (χ1n) is 9.17. The Labute approximate surface area is 184 Å². The zero-order valence-electron chi connectivity index (χ0n) is 17.3. The topological polar surface area (TPSA) is 135 Å². The predicted molar refractivity (Wildman–Crippen MR) is 117 cm³/mol. The Kier molecular flexibility index (Phi) is 7.40. The highest BCUT2D eigenvalue weighted by molar-refractivity contribution is 7.90. The number of nitro benzene ring substituents is 1. The summed E-state index contributed by atoms with van der Waals surface area (Å²) in [6.07, 6.45) is 1.06. The van der Waals surface area contributed by atoms with E-state index in [1.165, 1.54) is 24.3 Å². The fourth-order valence-electron chi connectivity index (χ4n) is 2.73. The predicted octanol–water partition coefficient (Wildman–Crippen LogP) is 3.35. The second-order valence-electron chi connectivity index (χ2n) is 7.36. The number of rotatable bonds is 7. The number of aryl methyl sites for hydroxylation is 1. The first kappa shape index (κ1) is 24.3. The molecule has 0 aliphatic heterocycles. The molecule has 11 heteroatoms. The van der Waals surface area contributed by atoms with Gasteiger partial charge in [-0.25, -0.2) is 8.42 Å². The van der Waals surface area contributed by atoms with Gasteiger partial charge in [-0.05, 0) is 42.7 Å². The number of benzene rings is 2. The molecule has 0 radical (unpaired) electrons. The Hall–Kier alpha value is -2.98. The molecule has 9 nitrogen and oxygen atoms in total. The van der Waals surface area contributed by atoms with Gasteiger partial charge in [0.05, 0.1) is 9.82 Å². The highest BCUT2D eigenvalue weighted by Gasteiger charge is 2.26. The third-order valence-corrected chi connectivity index (χ3v) is 5.97. The summed E-state index contributed by atoms with van der Waals surface area (Å²) in [4.78, 5) is 35.9. The van der Waals surface area contributed by atoms with Crippen LogP contribution >= 0.6 is 11.6 Å². The minimum absolute atomic E-state index is 0.0233. The number of amides is 2. The van der Waals surface area contributed by atoms with E-state index in [1.54, 1.807) is 26.8 Å². The van der Waals surface area contributed by atoms with Crippen molar-refractivity contribution in [3.63, 3.8) is 0 Å². The maximum atomic E-state index is 12.9. The maximum absolute atomic E-state index is 12.9. The molecular weight excluding hydrogens is 446 g/mol. The van der Waals surface area contributed by atoms with Gasteiger partial charge in [0.2, 0.25) is 5.91 Å². The molecule has 31 heavy (non-hydrogen) atoms. The number of nitrogens with one attached hydrogen (secondary N) is 2. The average molecular weight is 468 g/mol. The first-order chi connectivity index (χ1) is 14.3. The number of carbonyl (C=O) groups excluding carboxylic acids is 2. The summed E-state index contributed by atoms with van der Waals surface area (Å²) in [5.41, 5.74) is 0.496. The lowest BCUT2D eigenvalue weighted by atomic mass is 10.0. The van der Waals surface area contributed by atoms with Gasteiger partial charge in [0.1, 0.15) is 11.1 Å². The second-order valence-corrected chi connectivity index (χ2v) is 9.78. The quantitative estimate of drug-likeness (QED) is 0.473. The first-order valence-corrected chi connectivity index (χ1v) is 11.4. The molecule has 2 aromatic carbocycles. The van der Waals surface area contributed by atoms with Crippen LogP contribution in [0.4, 0.5) is 11.4 Å². The fraction of sp³-hybridized carbons (Fsp3) is 0.300. The van der Waals surface area contributed by atoms with Crippen LogP contribution in [0.25, 0.3) is 0 Å². The summed E-state index contributed by atoms with van der Waals surface area (Å²) in [6.45, 7) is 5.14. The normalized spacial score (nSPS) is 12.3. The maximum Gasteiger partial charge on any atom is 0.288 e. The van der Waals surface area contributed by atoms with Gasteiger partial charge < -0.3 is 10.6 Å². The lowest BCUT2D eigenvalue weighted by Crippen LogP contribution is -2.47. The standard InChI is InChI=1S/C20H22ClN3O6S/c1-11(2)18(23-19(25)13-6-8-15(21)17(9-13)24(27)28)20(26)22-16-10-14(31(4,29)30)7-5-12(16)3/h5-11,18H,1-4H3,(H,22,26)(H,23,25)/t18-/m0/s1. The number of nitro groups is 1. The lowest BCUT2D eigenvalue weighted by molar-refractivity contribution is -0.384. The molecule has 0 saturated heterocycles. The zero-order chi connectivity index (χ0) is 23.5. The summed E-state index contributed by atoms with van der Waals surface area (Å²) < 4.78 is 23.6. The molecule has 0 unspecified atom stereocenters. The van der Waals surface area contributed by atoms with E-state index < -0.39 is 38.3 Å². The van der Waals surface area contributed by atoms with Crippen LogP contribution in [0.2, 0.25) is 5.02 Å². The van der Waals surface area contributed by atoms with Gasteiger partial charge >= 0.3 is 0 Å². The number of nitrogens with zero attached hydrogens (tertiary/aromatic N) is 1. The largest absolute Gasteiger partial charge is 0.340 e. The van der Waals surface area contributed by atoms with Crippen LogP contribution in [0.5, 0.6) is 0 Å². The second kappa shape index (κ2) is 9.44. The molecule has 166 valence electrons. The van der Waals surface area contributed by atoms with E-state index in [9.17, 15) is 28.1 Å². The fourth-order valence-corrected chi connectivity index (χ4v) is 3.56. The number of hydrogen-bond acceptors (Lipinski definition) is 6. The van der Waals surface area contributed by atoms with Gasteiger partial charge in [-0.1, -0.05) is 31.5 Å². The van der Waals surface area contributed by atoms with E-state index in [1.807, 2.05) is 0 Å². The van der Waals surface area contributed by atoms with Gasteiger partial charge in [0.25, 0.3) is 11.6 Å². The van der Waals surface area contributed by atoms with Crippen molar-refractivity contribution in [3.8, 4) is 0 Å². The van der Waals surface area contributed by atoms with Crippen molar-refractivity contribution >= 4 is 44.6 Å².